The largest absolute Gasteiger partial charge is 0.495 e. The average Bonchev–Trinajstić information content (AvgIpc) is 2.36. The van der Waals surface area contributed by atoms with Crippen molar-refractivity contribution in [3.05, 3.63) is 29.8 Å². The Morgan fingerprint density at radius 1 is 1.44 bits per heavy atom. The zero-order valence-corrected chi connectivity index (χ0v) is 10.1. The van der Waals surface area contributed by atoms with Crippen molar-refractivity contribution < 1.29 is 28.3 Å². The van der Waals surface area contributed by atoms with Crippen LogP contribution >= 0.6 is 0 Å². The molecule has 0 bridgehead atoms. The molecule has 8 heteroatoms. The lowest BCUT2D eigenvalue weighted by Gasteiger charge is -2.08. The van der Waals surface area contributed by atoms with E-state index < -0.39 is 16.0 Å². The maximum absolute atomic E-state index is 11.5. The Hall–Kier alpha value is -1.90. The van der Waals surface area contributed by atoms with Crippen LogP contribution in [-0.4, -0.2) is 31.8 Å². The zero-order chi connectivity index (χ0) is 13.8. The normalized spacial score (nSPS) is 11.7. The van der Waals surface area contributed by atoms with Crippen molar-refractivity contribution in [1.29, 1.82) is 0 Å². The molecule has 18 heavy (non-hydrogen) atoms. The first-order chi connectivity index (χ1) is 8.40. The second kappa shape index (κ2) is 5.63. The summed E-state index contributed by atoms with van der Waals surface area (Å²) >= 11 is 0. The molecule has 0 amide bonds. The van der Waals surface area contributed by atoms with E-state index in [-0.39, 0.29) is 10.6 Å². The summed E-state index contributed by atoms with van der Waals surface area (Å²) in [5.41, 5.74) is 0.340. The Balaban J connectivity index is 3.31. The van der Waals surface area contributed by atoms with Gasteiger partial charge in [-0.05, 0) is 23.8 Å². The quantitative estimate of drug-likeness (QED) is 0.530. The van der Waals surface area contributed by atoms with Gasteiger partial charge in [0.25, 0.3) is 10.0 Å². The second-order valence-electron chi connectivity index (χ2n) is 3.18. The number of rotatable bonds is 5. The first-order valence-corrected chi connectivity index (χ1v) is 6.14. The SMILES string of the molecule is COc1ccc(/C=C/C(=O)O)cc1S(=O)(=O)NO. The first-order valence-electron chi connectivity index (χ1n) is 4.65. The Kier molecular flexibility index (Phi) is 4.43. The topological polar surface area (TPSA) is 113 Å². The molecule has 98 valence electrons. The lowest BCUT2D eigenvalue weighted by molar-refractivity contribution is -0.131. The second-order valence-corrected chi connectivity index (χ2v) is 4.81. The number of hydrogen-bond donors (Lipinski definition) is 3. The van der Waals surface area contributed by atoms with Gasteiger partial charge in [-0.3, -0.25) is 0 Å². The van der Waals surface area contributed by atoms with Crippen LogP contribution in [0.5, 0.6) is 5.75 Å². The molecule has 3 N–H and O–H groups in total. The van der Waals surface area contributed by atoms with Crippen molar-refractivity contribution in [2.75, 3.05) is 7.11 Å². The highest BCUT2D eigenvalue weighted by Crippen LogP contribution is 2.25. The van der Waals surface area contributed by atoms with Crippen LogP contribution in [0, 0.1) is 0 Å². The molecule has 0 spiro atoms. The van der Waals surface area contributed by atoms with E-state index in [9.17, 15) is 13.2 Å². The summed E-state index contributed by atoms with van der Waals surface area (Å²) in [7, 11) is -2.83. The van der Waals surface area contributed by atoms with E-state index in [2.05, 4.69) is 0 Å². The molecule has 1 aromatic rings. The van der Waals surface area contributed by atoms with Crippen LogP contribution in [0.2, 0.25) is 0 Å². The van der Waals surface area contributed by atoms with Crippen molar-refractivity contribution in [1.82, 2.24) is 4.89 Å². The molecule has 0 radical (unpaired) electrons. The molecule has 0 saturated carbocycles. The molecule has 0 atom stereocenters. The molecule has 0 saturated heterocycles. The molecule has 0 aliphatic heterocycles. The average molecular weight is 273 g/mol. The Morgan fingerprint density at radius 3 is 2.61 bits per heavy atom. The maximum Gasteiger partial charge on any atom is 0.328 e. The van der Waals surface area contributed by atoms with E-state index >= 15 is 0 Å². The minimum atomic E-state index is -4.10. The fourth-order valence-corrected chi connectivity index (χ4v) is 2.03. The number of carboxylic acid groups (broad SMARTS) is 1. The van der Waals surface area contributed by atoms with Gasteiger partial charge in [0.15, 0.2) is 0 Å². The van der Waals surface area contributed by atoms with Crippen molar-refractivity contribution in [3.8, 4) is 5.75 Å². The first kappa shape index (κ1) is 14.2. The zero-order valence-electron chi connectivity index (χ0n) is 9.32. The van der Waals surface area contributed by atoms with Crippen molar-refractivity contribution >= 4 is 22.1 Å². The van der Waals surface area contributed by atoms with Gasteiger partial charge in [0.2, 0.25) is 0 Å². The minimum absolute atomic E-state index is 0.0315. The third-order valence-corrected chi connectivity index (χ3v) is 3.15. The van der Waals surface area contributed by atoms with Crippen molar-refractivity contribution in [3.63, 3.8) is 0 Å². The molecule has 0 heterocycles. The van der Waals surface area contributed by atoms with Crippen LogP contribution in [0.15, 0.2) is 29.2 Å². The molecular formula is C10H11NO6S. The van der Waals surface area contributed by atoms with Gasteiger partial charge in [-0.1, -0.05) is 11.0 Å². The molecule has 1 aromatic carbocycles. The number of hydrogen-bond acceptors (Lipinski definition) is 5. The summed E-state index contributed by atoms with van der Waals surface area (Å²) in [6, 6.07) is 4.01. The Morgan fingerprint density at radius 2 is 2.11 bits per heavy atom. The molecule has 0 aromatic heterocycles. The molecule has 0 unspecified atom stereocenters. The summed E-state index contributed by atoms with van der Waals surface area (Å²) in [5.74, 6) is -1.13. The van der Waals surface area contributed by atoms with Crippen LogP contribution < -0.4 is 9.62 Å². The van der Waals surface area contributed by atoms with Gasteiger partial charge < -0.3 is 15.1 Å². The molecular weight excluding hydrogens is 262 g/mol. The molecule has 0 aliphatic rings. The molecule has 0 fully saturated rings. The number of carbonyl (C=O) groups is 1. The van der Waals surface area contributed by atoms with Gasteiger partial charge in [-0.2, -0.15) is 0 Å². The smallest absolute Gasteiger partial charge is 0.328 e. The van der Waals surface area contributed by atoms with Crippen LogP contribution in [-0.2, 0) is 14.8 Å². The lowest BCUT2D eigenvalue weighted by Crippen LogP contribution is -2.20. The highest BCUT2D eigenvalue weighted by Gasteiger charge is 2.18. The summed E-state index contributed by atoms with van der Waals surface area (Å²) in [6.45, 7) is 0. The highest BCUT2D eigenvalue weighted by molar-refractivity contribution is 7.89. The fourth-order valence-electron chi connectivity index (χ4n) is 1.22. The van der Waals surface area contributed by atoms with Gasteiger partial charge in [-0.25, -0.2) is 13.2 Å². The van der Waals surface area contributed by atoms with E-state index in [1.54, 1.807) is 0 Å². The predicted molar refractivity (Wildman–Crippen MR) is 61.8 cm³/mol. The van der Waals surface area contributed by atoms with Gasteiger partial charge >= 0.3 is 5.97 Å². The number of ether oxygens (including phenoxy) is 1. The number of sulfonamides is 1. The standard InChI is InChI=1S/C10H11NO6S/c1-17-8-4-2-7(3-5-10(12)13)6-9(8)18(15,16)11-14/h2-6,11,14H,1H3,(H,12,13)/b5-3+. The van der Waals surface area contributed by atoms with Crippen LogP contribution in [0.25, 0.3) is 6.08 Å². The number of carboxylic acids is 1. The number of aliphatic carboxylic acids is 1. The number of methoxy groups -OCH3 is 1. The summed E-state index contributed by atoms with van der Waals surface area (Å²) in [6.07, 6.45) is 2.09. The van der Waals surface area contributed by atoms with Crippen LogP contribution in [0.1, 0.15) is 5.56 Å². The van der Waals surface area contributed by atoms with Gasteiger partial charge in [0.05, 0.1) is 7.11 Å². The third kappa shape index (κ3) is 3.29. The van der Waals surface area contributed by atoms with Gasteiger partial charge in [-0.15, -0.1) is 0 Å². The van der Waals surface area contributed by atoms with Crippen molar-refractivity contribution in [2.24, 2.45) is 0 Å². The van der Waals surface area contributed by atoms with E-state index in [0.717, 1.165) is 6.08 Å². The maximum atomic E-state index is 11.5. The third-order valence-electron chi connectivity index (χ3n) is 2.02. The minimum Gasteiger partial charge on any atom is -0.495 e. The lowest BCUT2D eigenvalue weighted by atomic mass is 10.2. The molecule has 0 aliphatic carbocycles. The molecule has 1 rings (SSSR count). The van der Waals surface area contributed by atoms with Gasteiger partial charge in [0.1, 0.15) is 10.6 Å². The predicted octanol–water partition coefficient (Wildman–Crippen LogP) is 0.461. The van der Waals surface area contributed by atoms with Crippen LogP contribution in [0.4, 0.5) is 0 Å². The molecule has 7 nitrogen and oxygen atoms in total. The summed E-state index contributed by atoms with van der Waals surface area (Å²) in [4.78, 5) is 11.2. The summed E-state index contributed by atoms with van der Waals surface area (Å²) in [5, 5.41) is 17.0. The van der Waals surface area contributed by atoms with Crippen molar-refractivity contribution in [2.45, 2.75) is 4.90 Å². The Labute approximate surface area is 103 Å². The van der Waals surface area contributed by atoms with E-state index in [1.807, 2.05) is 0 Å². The summed E-state index contributed by atoms with van der Waals surface area (Å²) < 4.78 is 27.8. The van der Waals surface area contributed by atoms with Gasteiger partial charge in [0, 0.05) is 6.08 Å². The van der Waals surface area contributed by atoms with E-state index in [1.165, 1.54) is 36.3 Å². The highest BCUT2D eigenvalue weighted by atomic mass is 32.2. The monoisotopic (exact) mass is 273 g/mol. The Bertz CT molecular complexity index is 578. The van der Waals surface area contributed by atoms with Crippen LogP contribution in [0.3, 0.4) is 0 Å². The number of benzene rings is 1. The fraction of sp³-hybridized carbons (Fsp3) is 0.100. The van der Waals surface area contributed by atoms with E-state index in [0.29, 0.717) is 5.56 Å². The number of nitrogens with one attached hydrogen (secondary N) is 1. The van der Waals surface area contributed by atoms with E-state index in [4.69, 9.17) is 15.1 Å².